The van der Waals surface area contributed by atoms with Crippen molar-refractivity contribution in [1.82, 2.24) is 9.88 Å². The van der Waals surface area contributed by atoms with Crippen molar-refractivity contribution >= 4 is 12.2 Å². The van der Waals surface area contributed by atoms with E-state index in [0.29, 0.717) is 11.5 Å². The molecule has 2 amide bonds. The van der Waals surface area contributed by atoms with Crippen molar-refractivity contribution in [2.45, 2.75) is 32.1 Å². The highest BCUT2D eigenvalue weighted by molar-refractivity contribution is 5.88. The minimum atomic E-state index is -1.02. The predicted molar refractivity (Wildman–Crippen MR) is 162 cm³/mol. The van der Waals surface area contributed by atoms with E-state index in [1.165, 1.54) is 0 Å². The molecule has 4 aromatic carbocycles. The van der Waals surface area contributed by atoms with E-state index in [-0.39, 0.29) is 38.6 Å². The number of imide groups is 1. The summed E-state index contributed by atoms with van der Waals surface area (Å²) >= 11 is 0. The molecule has 0 fully saturated rings. The molecule has 0 unspecified atom stereocenters. The van der Waals surface area contributed by atoms with Crippen LogP contribution in [0.25, 0.3) is 22.6 Å². The van der Waals surface area contributed by atoms with Gasteiger partial charge in [0.2, 0.25) is 5.89 Å². The Hall–Kier alpha value is -5.21. The van der Waals surface area contributed by atoms with Crippen molar-refractivity contribution in [3.63, 3.8) is 0 Å². The number of aromatic nitrogens is 1. The first-order valence-corrected chi connectivity index (χ1v) is 14.1. The van der Waals surface area contributed by atoms with Gasteiger partial charge in [-0.05, 0) is 24.0 Å². The molecule has 0 spiro atoms. The van der Waals surface area contributed by atoms with E-state index in [1.807, 2.05) is 121 Å². The van der Waals surface area contributed by atoms with Gasteiger partial charge in [-0.2, -0.15) is 4.90 Å². The maximum absolute atomic E-state index is 13.6. The second-order valence-electron chi connectivity index (χ2n) is 9.79. The molecule has 8 heteroatoms. The van der Waals surface area contributed by atoms with Gasteiger partial charge >= 0.3 is 12.2 Å². The Kier molecular flexibility index (Phi) is 9.95. The number of oxazole rings is 1. The summed E-state index contributed by atoms with van der Waals surface area (Å²) in [5.41, 5.74) is 3.67. The van der Waals surface area contributed by atoms with Crippen LogP contribution in [0.1, 0.15) is 35.9 Å². The zero-order valence-electron chi connectivity index (χ0n) is 23.5. The number of ether oxygens (including phenoxy) is 2. The Balaban J connectivity index is 1.53. The normalized spacial score (nSPS) is 11.5. The summed E-state index contributed by atoms with van der Waals surface area (Å²) in [7, 11) is 0. The van der Waals surface area contributed by atoms with E-state index in [2.05, 4.69) is 0 Å². The Morgan fingerprint density at radius 1 is 0.698 bits per heavy atom. The van der Waals surface area contributed by atoms with Crippen molar-refractivity contribution < 1.29 is 28.6 Å². The summed E-state index contributed by atoms with van der Waals surface area (Å²) in [5.74, 6) is 0.616. The first kappa shape index (κ1) is 29.3. The van der Waals surface area contributed by atoms with E-state index in [1.54, 1.807) is 0 Å². The van der Waals surface area contributed by atoms with Crippen LogP contribution in [0, 0.1) is 0 Å². The summed E-state index contributed by atoms with van der Waals surface area (Å²) in [4.78, 5) is 33.0. The zero-order valence-corrected chi connectivity index (χ0v) is 23.5. The number of aliphatic hydroxyl groups is 1. The lowest BCUT2D eigenvalue weighted by Gasteiger charge is -2.26. The monoisotopic (exact) mass is 576 g/mol. The lowest BCUT2D eigenvalue weighted by atomic mass is 10.1. The molecule has 5 aromatic rings. The van der Waals surface area contributed by atoms with Gasteiger partial charge in [0.1, 0.15) is 24.9 Å². The number of hydrogen-bond donors (Lipinski definition) is 1. The number of nitrogens with zero attached hydrogens (tertiary/aromatic N) is 2. The van der Waals surface area contributed by atoms with Gasteiger partial charge in [0.05, 0.1) is 0 Å². The molecule has 0 saturated carbocycles. The molecule has 0 radical (unpaired) electrons. The van der Waals surface area contributed by atoms with Gasteiger partial charge in [-0.1, -0.05) is 121 Å². The molecule has 0 bridgehead atoms. The van der Waals surface area contributed by atoms with Crippen LogP contribution in [0.15, 0.2) is 126 Å². The molecule has 0 aliphatic carbocycles. The highest BCUT2D eigenvalue weighted by Gasteiger charge is 2.37. The topological polar surface area (TPSA) is 102 Å². The molecule has 1 aromatic heterocycles. The van der Waals surface area contributed by atoms with Crippen LogP contribution in [0.5, 0.6) is 0 Å². The van der Waals surface area contributed by atoms with Crippen molar-refractivity contribution in [1.29, 1.82) is 0 Å². The van der Waals surface area contributed by atoms with Crippen LogP contribution in [0.3, 0.4) is 0 Å². The smallest absolute Gasteiger partial charge is 0.420 e. The Labute approximate surface area is 250 Å². The van der Waals surface area contributed by atoms with Crippen LogP contribution in [0.4, 0.5) is 9.59 Å². The number of amides is 2. The third-order valence-corrected chi connectivity index (χ3v) is 6.76. The summed E-state index contributed by atoms with van der Waals surface area (Å²) in [5, 5.41) is 9.74. The van der Waals surface area contributed by atoms with Gasteiger partial charge in [0, 0.05) is 17.7 Å². The molecule has 5 rings (SSSR count). The standard InChI is InChI=1S/C35H32N2O6/c38-23-13-22-30(33-36-31(28-18-9-3-10-19-28)32(43-33)29-20-11-4-12-21-29)37(34(39)41-24-26-14-5-1-6-15-26)35(40)42-25-27-16-7-2-8-17-27/h1-12,14-21,30,38H,13,22-25H2/t30-/m1/s1. The molecule has 1 heterocycles. The van der Waals surface area contributed by atoms with Crippen LogP contribution < -0.4 is 0 Å². The van der Waals surface area contributed by atoms with E-state index in [4.69, 9.17) is 18.9 Å². The van der Waals surface area contributed by atoms with Gasteiger partial charge in [0.25, 0.3) is 0 Å². The Morgan fingerprint density at radius 2 is 1.16 bits per heavy atom. The summed E-state index contributed by atoms with van der Waals surface area (Å²) in [6.45, 7) is -0.268. The summed E-state index contributed by atoms with van der Waals surface area (Å²) in [6, 6.07) is 36.4. The maximum atomic E-state index is 13.6. The number of hydrogen-bond acceptors (Lipinski definition) is 7. The average Bonchev–Trinajstić information content (AvgIpc) is 3.52. The number of rotatable bonds is 11. The van der Waals surface area contributed by atoms with E-state index >= 15 is 0 Å². The highest BCUT2D eigenvalue weighted by atomic mass is 16.6. The molecule has 8 nitrogen and oxygen atoms in total. The van der Waals surface area contributed by atoms with E-state index in [9.17, 15) is 14.7 Å². The van der Waals surface area contributed by atoms with Gasteiger partial charge in [-0.15, -0.1) is 0 Å². The molecule has 1 N–H and O–H groups in total. The Morgan fingerprint density at radius 3 is 1.65 bits per heavy atom. The van der Waals surface area contributed by atoms with Crippen LogP contribution >= 0.6 is 0 Å². The molecule has 1 atom stereocenters. The lowest BCUT2D eigenvalue weighted by Crippen LogP contribution is -2.41. The summed E-state index contributed by atoms with van der Waals surface area (Å²) in [6.07, 6.45) is -1.39. The molecular weight excluding hydrogens is 544 g/mol. The number of carbonyl (C=O) groups excluding carboxylic acids is 2. The van der Waals surface area contributed by atoms with Crippen molar-refractivity contribution in [2.75, 3.05) is 6.61 Å². The van der Waals surface area contributed by atoms with E-state index < -0.39 is 18.2 Å². The second kappa shape index (κ2) is 14.6. The van der Waals surface area contributed by atoms with Gasteiger partial charge in [-0.3, -0.25) is 0 Å². The molecule has 43 heavy (non-hydrogen) atoms. The van der Waals surface area contributed by atoms with Crippen molar-refractivity contribution in [3.05, 3.63) is 138 Å². The molecule has 0 aliphatic rings. The van der Waals surface area contributed by atoms with Gasteiger partial charge in [-0.25, -0.2) is 14.6 Å². The number of carbonyl (C=O) groups is 2. The van der Waals surface area contributed by atoms with Gasteiger partial charge in [0.15, 0.2) is 5.76 Å². The van der Waals surface area contributed by atoms with Gasteiger partial charge < -0.3 is 19.0 Å². The number of benzene rings is 4. The minimum Gasteiger partial charge on any atom is -0.444 e. The van der Waals surface area contributed by atoms with E-state index in [0.717, 1.165) is 27.2 Å². The fraction of sp³-hybridized carbons (Fsp3) is 0.171. The van der Waals surface area contributed by atoms with Crippen LogP contribution in [-0.2, 0) is 22.7 Å². The first-order chi connectivity index (χ1) is 21.1. The maximum Gasteiger partial charge on any atom is 0.420 e. The molecule has 0 aliphatic heterocycles. The molecule has 0 saturated heterocycles. The highest BCUT2D eigenvalue weighted by Crippen LogP contribution is 2.37. The van der Waals surface area contributed by atoms with Crippen LogP contribution in [-0.4, -0.2) is 33.8 Å². The predicted octanol–water partition coefficient (Wildman–Crippen LogP) is 7.80. The largest absolute Gasteiger partial charge is 0.444 e. The quantitative estimate of drug-likeness (QED) is 0.171. The van der Waals surface area contributed by atoms with Crippen molar-refractivity contribution in [3.8, 4) is 22.6 Å². The zero-order chi connectivity index (χ0) is 29.9. The minimum absolute atomic E-state index is 0.0506. The third kappa shape index (κ3) is 7.55. The second-order valence-corrected chi connectivity index (χ2v) is 9.79. The SMILES string of the molecule is O=C(OCc1ccccc1)N(C(=O)OCc1ccccc1)[C@H](CCCO)c1nc(-c2ccccc2)c(-c2ccccc2)o1. The average molecular weight is 577 g/mol. The Bertz CT molecular complexity index is 1480. The summed E-state index contributed by atoms with van der Waals surface area (Å²) < 4.78 is 17.6. The van der Waals surface area contributed by atoms with Crippen LogP contribution in [0.2, 0.25) is 0 Å². The fourth-order valence-corrected chi connectivity index (χ4v) is 4.61. The van der Waals surface area contributed by atoms with Crippen molar-refractivity contribution in [2.24, 2.45) is 0 Å². The molecular formula is C35H32N2O6. The first-order valence-electron chi connectivity index (χ1n) is 14.1. The molecule has 218 valence electrons. The lowest BCUT2D eigenvalue weighted by molar-refractivity contribution is 0.0487. The number of aliphatic hydroxyl groups excluding tert-OH is 1. The third-order valence-electron chi connectivity index (χ3n) is 6.76. The fourth-order valence-electron chi connectivity index (χ4n) is 4.61.